The van der Waals surface area contributed by atoms with Crippen molar-refractivity contribution in [2.24, 2.45) is 0 Å². The monoisotopic (exact) mass is 354 g/mol. The van der Waals surface area contributed by atoms with Crippen molar-refractivity contribution in [3.8, 4) is 11.5 Å². The summed E-state index contributed by atoms with van der Waals surface area (Å²) in [6.07, 6.45) is -3.67. The maximum Gasteiger partial charge on any atom is 0.348 e. The van der Waals surface area contributed by atoms with Crippen LogP contribution in [-0.4, -0.2) is 66.5 Å². The molecule has 1 aliphatic rings. The Kier molecular flexibility index (Phi) is 5.31. The molecule has 1 aromatic rings. The number of carboxylic acids is 1. The van der Waals surface area contributed by atoms with Crippen molar-refractivity contribution in [3.63, 3.8) is 0 Å². The second kappa shape index (κ2) is 7.09. The molecule has 1 fully saturated rings. The highest BCUT2D eigenvalue weighted by molar-refractivity contribution is 5.90. The van der Waals surface area contributed by atoms with Crippen LogP contribution in [0.2, 0.25) is 0 Å². The van der Waals surface area contributed by atoms with Gasteiger partial charge in [-0.15, -0.1) is 0 Å². The molecule has 4 atom stereocenters. The van der Waals surface area contributed by atoms with Crippen molar-refractivity contribution in [2.75, 3.05) is 0 Å². The number of esters is 1. The van der Waals surface area contributed by atoms with Gasteiger partial charge in [-0.2, -0.15) is 0 Å². The Labute approximate surface area is 142 Å². The van der Waals surface area contributed by atoms with Crippen LogP contribution in [0.4, 0.5) is 0 Å². The summed E-state index contributed by atoms with van der Waals surface area (Å²) in [5, 5.41) is 56.8. The normalized spacial score (nSPS) is 29.5. The lowest BCUT2D eigenvalue weighted by Crippen LogP contribution is -2.57. The van der Waals surface area contributed by atoms with Crippen molar-refractivity contribution in [3.05, 3.63) is 29.8 Å². The van der Waals surface area contributed by atoms with Gasteiger partial charge in [0.2, 0.25) is 5.60 Å². The van der Waals surface area contributed by atoms with Gasteiger partial charge in [0.1, 0.15) is 6.10 Å². The van der Waals surface area contributed by atoms with E-state index in [1.54, 1.807) is 0 Å². The largest absolute Gasteiger partial charge is 0.504 e. The van der Waals surface area contributed by atoms with Crippen molar-refractivity contribution in [1.82, 2.24) is 0 Å². The fourth-order valence-electron chi connectivity index (χ4n) is 2.59. The van der Waals surface area contributed by atoms with E-state index in [9.17, 15) is 40.2 Å². The highest BCUT2D eigenvalue weighted by Crippen LogP contribution is 2.33. The molecule has 0 aromatic heterocycles. The van der Waals surface area contributed by atoms with Gasteiger partial charge < -0.3 is 35.4 Å². The van der Waals surface area contributed by atoms with Crippen LogP contribution in [0.3, 0.4) is 0 Å². The molecule has 1 aliphatic carbocycles. The molecule has 0 saturated heterocycles. The predicted octanol–water partition coefficient (Wildman–Crippen LogP) is -0.646. The number of phenolic OH excluding ortho intramolecular Hbond substituents is 2. The SMILES string of the molecule is O=C(/C=C/c1ccc(O)c(O)c1)OC1(C(=O)O)C[C@@H](O)C(O)[C@@H](O)C1. The fourth-order valence-corrected chi connectivity index (χ4v) is 2.59. The van der Waals surface area contributed by atoms with E-state index in [1.165, 1.54) is 24.3 Å². The smallest absolute Gasteiger partial charge is 0.348 e. The van der Waals surface area contributed by atoms with Crippen LogP contribution < -0.4 is 0 Å². The summed E-state index contributed by atoms with van der Waals surface area (Å²) in [6.45, 7) is 0. The summed E-state index contributed by atoms with van der Waals surface area (Å²) in [5.74, 6) is -3.34. The summed E-state index contributed by atoms with van der Waals surface area (Å²) in [6, 6.07) is 3.78. The maximum atomic E-state index is 11.9. The Morgan fingerprint density at radius 1 is 1.08 bits per heavy atom. The number of aliphatic hydroxyl groups excluding tert-OH is 3. The number of carboxylic acid groups (broad SMARTS) is 1. The quantitative estimate of drug-likeness (QED) is 0.234. The van der Waals surface area contributed by atoms with Gasteiger partial charge >= 0.3 is 11.9 Å². The van der Waals surface area contributed by atoms with Gasteiger partial charge in [-0.05, 0) is 23.8 Å². The lowest BCUT2D eigenvalue weighted by molar-refractivity contribution is -0.201. The van der Waals surface area contributed by atoms with Crippen LogP contribution in [0.5, 0.6) is 11.5 Å². The number of ether oxygens (including phenoxy) is 1. The average molecular weight is 354 g/mol. The van der Waals surface area contributed by atoms with Crippen molar-refractivity contribution < 1.29 is 45.0 Å². The van der Waals surface area contributed by atoms with E-state index in [-0.39, 0.29) is 5.75 Å². The summed E-state index contributed by atoms with van der Waals surface area (Å²) in [7, 11) is 0. The highest BCUT2D eigenvalue weighted by atomic mass is 16.6. The van der Waals surface area contributed by atoms with E-state index in [0.717, 1.165) is 6.08 Å². The number of carbonyl (C=O) groups is 2. The Balaban J connectivity index is 2.14. The third-order valence-corrected chi connectivity index (χ3v) is 3.96. The summed E-state index contributed by atoms with van der Waals surface area (Å²) < 4.78 is 4.94. The van der Waals surface area contributed by atoms with Gasteiger partial charge in [0, 0.05) is 18.9 Å². The minimum absolute atomic E-state index is 0.340. The van der Waals surface area contributed by atoms with Crippen LogP contribution in [0, 0.1) is 0 Å². The molecule has 0 heterocycles. The van der Waals surface area contributed by atoms with E-state index in [1.807, 2.05) is 0 Å². The zero-order valence-electron chi connectivity index (χ0n) is 12.9. The molecule has 2 unspecified atom stereocenters. The Hall–Kier alpha value is -2.62. The van der Waals surface area contributed by atoms with Crippen molar-refractivity contribution >= 4 is 18.0 Å². The molecule has 9 nitrogen and oxygen atoms in total. The van der Waals surface area contributed by atoms with Gasteiger partial charge in [-0.1, -0.05) is 6.07 Å². The minimum Gasteiger partial charge on any atom is -0.504 e. The van der Waals surface area contributed by atoms with Gasteiger partial charge in [0.15, 0.2) is 11.5 Å². The number of hydrogen-bond acceptors (Lipinski definition) is 8. The maximum absolute atomic E-state index is 11.9. The highest BCUT2D eigenvalue weighted by Gasteiger charge is 2.52. The summed E-state index contributed by atoms with van der Waals surface area (Å²) in [5.41, 5.74) is -1.83. The number of aliphatic carboxylic acids is 1. The molecule has 2 rings (SSSR count). The standard InChI is InChI=1S/C16H18O9/c17-9-3-1-8(5-10(9)18)2-4-13(21)25-16(15(23)24)6-11(19)14(22)12(20)7-16/h1-5,11-12,14,17-20,22H,6-7H2,(H,23,24)/b4-2+/t11-,12+,14?,16?. The van der Waals surface area contributed by atoms with Gasteiger partial charge in [-0.25, -0.2) is 9.59 Å². The molecule has 0 spiro atoms. The molecule has 1 saturated carbocycles. The van der Waals surface area contributed by atoms with Crippen molar-refractivity contribution in [2.45, 2.75) is 36.8 Å². The Morgan fingerprint density at radius 3 is 2.20 bits per heavy atom. The second-order valence-corrected chi connectivity index (χ2v) is 5.84. The molecule has 136 valence electrons. The first-order chi connectivity index (χ1) is 11.6. The molecule has 6 N–H and O–H groups in total. The first-order valence-corrected chi connectivity index (χ1v) is 7.35. The van der Waals surface area contributed by atoms with Crippen LogP contribution >= 0.6 is 0 Å². The summed E-state index contributed by atoms with van der Waals surface area (Å²) >= 11 is 0. The number of rotatable bonds is 4. The molecular formula is C16H18O9. The zero-order valence-corrected chi connectivity index (χ0v) is 12.9. The lowest BCUT2D eigenvalue weighted by Gasteiger charge is -2.39. The van der Waals surface area contributed by atoms with E-state index in [2.05, 4.69) is 0 Å². The number of carbonyl (C=O) groups excluding carboxylic acids is 1. The molecular weight excluding hydrogens is 336 g/mol. The Bertz CT molecular complexity index is 685. The van der Waals surface area contributed by atoms with Crippen LogP contribution in [0.15, 0.2) is 24.3 Å². The van der Waals surface area contributed by atoms with E-state index < -0.39 is 54.4 Å². The van der Waals surface area contributed by atoms with Crippen LogP contribution in [-0.2, 0) is 14.3 Å². The lowest BCUT2D eigenvalue weighted by atomic mass is 9.79. The third-order valence-electron chi connectivity index (χ3n) is 3.96. The fraction of sp³-hybridized carbons (Fsp3) is 0.375. The second-order valence-electron chi connectivity index (χ2n) is 5.84. The molecule has 25 heavy (non-hydrogen) atoms. The molecule has 0 aliphatic heterocycles. The molecule has 0 amide bonds. The van der Waals surface area contributed by atoms with E-state index in [4.69, 9.17) is 4.74 Å². The van der Waals surface area contributed by atoms with E-state index in [0.29, 0.717) is 5.56 Å². The number of phenols is 2. The third kappa shape index (κ3) is 4.08. The van der Waals surface area contributed by atoms with Crippen LogP contribution in [0.25, 0.3) is 6.08 Å². The summed E-state index contributed by atoms with van der Waals surface area (Å²) in [4.78, 5) is 23.4. The number of aromatic hydroxyl groups is 2. The molecule has 9 heteroatoms. The zero-order chi connectivity index (χ0) is 18.8. The first kappa shape index (κ1) is 18.7. The first-order valence-electron chi connectivity index (χ1n) is 7.35. The van der Waals surface area contributed by atoms with Crippen molar-refractivity contribution in [1.29, 1.82) is 0 Å². The van der Waals surface area contributed by atoms with Gasteiger partial charge in [-0.3, -0.25) is 0 Å². The topological polar surface area (TPSA) is 165 Å². The van der Waals surface area contributed by atoms with Gasteiger partial charge in [0.25, 0.3) is 0 Å². The molecule has 1 aromatic carbocycles. The van der Waals surface area contributed by atoms with Gasteiger partial charge in [0.05, 0.1) is 12.2 Å². The van der Waals surface area contributed by atoms with E-state index >= 15 is 0 Å². The molecule has 0 radical (unpaired) electrons. The Morgan fingerprint density at radius 2 is 1.68 bits per heavy atom. The number of benzene rings is 1. The minimum atomic E-state index is -2.17. The number of hydrogen-bond donors (Lipinski definition) is 6. The predicted molar refractivity (Wildman–Crippen MR) is 82.5 cm³/mol. The molecule has 0 bridgehead atoms. The van der Waals surface area contributed by atoms with Crippen LogP contribution in [0.1, 0.15) is 18.4 Å². The number of aliphatic hydroxyl groups is 3. The average Bonchev–Trinajstić information content (AvgIpc) is 2.53.